The molecule has 150 valence electrons. The van der Waals surface area contributed by atoms with Gasteiger partial charge in [-0.3, -0.25) is 4.79 Å². The molecule has 1 amide bonds. The van der Waals surface area contributed by atoms with Crippen molar-refractivity contribution in [2.24, 2.45) is 0 Å². The van der Waals surface area contributed by atoms with E-state index in [2.05, 4.69) is 10.3 Å². The fraction of sp³-hybridized carbons (Fsp3) is 0.208. The topological polar surface area (TPSA) is 64.7 Å². The lowest BCUT2D eigenvalue weighted by Gasteiger charge is -2.15. The molecule has 1 saturated carbocycles. The van der Waals surface area contributed by atoms with Gasteiger partial charge in [-0.05, 0) is 55.7 Å². The Morgan fingerprint density at radius 2 is 1.83 bits per heavy atom. The lowest BCUT2D eigenvalue weighted by atomic mass is 10.1. The highest BCUT2D eigenvalue weighted by molar-refractivity contribution is 5.93. The van der Waals surface area contributed by atoms with Gasteiger partial charge in [0.15, 0.2) is 0 Å². The average Bonchev–Trinajstić information content (AvgIpc) is 3.30. The summed E-state index contributed by atoms with van der Waals surface area (Å²) in [5.41, 5.74) is 4.55. The molecule has 2 aromatic heterocycles. The number of rotatable bonds is 6. The van der Waals surface area contributed by atoms with Gasteiger partial charge >= 0.3 is 0 Å². The van der Waals surface area contributed by atoms with Gasteiger partial charge in [0.1, 0.15) is 5.69 Å². The monoisotopic (exact) mass is 397 g/mol. The van der Waals surface area contributed by atoms with Crippen molar-refractivity contribution in [2.75, 3.05) is 0 Å². The number of imidazole rings is 1. The molecule has 0 bridgehead atoms. The summed E-state index contributed by atoms with van der Waals surface area (Å²) in [5, 5.41) is 7.86. The summed E-state index contributed by atoms with van der Waals surface area (Å²) in [4.78, 5) is 17.2. The number of nitrogens with zero attached hydrogens (tertiary/aromatic N) is 4. The maximum Gasteiger partial charge on any atom is 0.270 e. The number of carbonyl (C=O) groups is 1. The van der Waals surface area contributed by atoms with E-state index in [0.717, 1.165) is 35.5 Å². The minimum absolute atomic E-state index is 0.121. The summed E-state index contributed by atoms with van der Waals surface area (Å²) in [5.74, 6) is 0.360. The largest absolute Gasteiger partial charge is 0.344 e. The van der Waals surface area contributed by atoms with Crippen molar-refractivity contribution in [1.82, 2.24) is 24.6 Å². The lowest BCUT2D eigenvalue weighted by Crippen LogP contribution is -2.28. The number of hydrogen-bond donors (Lipinski definition) is 1. The normalized spacial score (nSPS) is 14.4. The Kier molecular flexibility index (Phi) is 4.67. The van der Waals surface area contributed by atoms with E-state index in [-0.39, 0.29) is 11.9 Å². The molecule has 1 atom stereocenters. The molecular weight excluding hydrogens is 374 g/mol. The number of aromatic nitrogens is 4. The summed E-state index contributed by atoms with van der Waals surface area (Å²) < 4.78 is 3.71. The predicted molar refractivity (Wildman–Crippen MR) is 115 cm³/mol. The van der Waals surface area contributed by atoms with Gasteiger partial charge in [-0.2, -0.15) is 5.10 Å². The van der Waals surface area contributed by atoms with Gasteiger partial charge in [-0.1, -0.05) is 30.3 Å². The van der Waals surface area contributed by atoms with Crippen molar-refractivity contribution < 1.29 is 4.79 Å². The van der Waals surface area contributed by atoms with Gasteiger partial charge in [0.05, 0.1) is 23.8 Å². The van der Waals surface area contributed by atoms with Crippen LogP contribution in [0.4, 0.5) is 0 Å². The highest BCUT2D eigenvalue weighted by Gasteiger charge is 2.29. The van der Waals surface area contributed by atoms with Crippen molar-refractivity contribution in [3.63, 3.8) is 0 Å². The van der Waals surface area contributed by atoms with E-state index < -0.39 is 0 Å². The summed E-state index contributed by atoms with van der Waals surface area (Å²) in [6.45, 7) is 2.00. The van der Waals surface area contributed by atoms with Gasteiger partial charge < -0.3 is 9.88 Å². The molecule has 0 spiro atoms. The second kappa shape index (κ2) is 7.63. The third kappa shape index (κ3) is 3.64. The van der Waals surface area contributed by atoms with Crippen LogP contribution in [0.3, 0.4) is 0 Å². The third-order valence-electron chi connectivity index (χ3n) is 5.50. The molecule has 30 heavy (non-hydrogen) atoms. The smallest absolute Gasteiger partial charge is 0.270 e. The van der Waals surface area contributed by atoms with E-state index >= 15 is 0 Å². The molecule has 6 nitrogen and oxygen atoms in total. The molecule has 1 aliphatic rings. The van der Waals surface area contributed by atoms with Crippen molar-refractivity contribution in [1.29, 1.82) is 0 Å². The Hall–Kier alpha value is -3.67. The predicted octanol–water partition coefficient (Wildman–Crippen LogP) is 4.43. The first kappa shape index (κ1) is 18.4. The molecule has 0 aliphatic heterocycles. The summed E-state index contributed by atoms with van der Waals surface area (Å²) in [7, 11) is 0. The van der Waals surface area contributed by atoms with Crippen LogP contribution in [0.2, 0.25) is 0 Å². The molecular formula is C24H23N5O. The minimum Gasteiger partial charge on any atom is -0.344 e. The molecule has 1 unspecified atom stereocenters. The Morgan fingerprint density at radius 3 is 2.50 bits per heavy atom. The molecule has 2 heterocycles. The number of amides is 1. The Bertz CT molecular complexity index is 1140. The van der Waals surface area contributed by atoms with Crippen molar-refractivity contribution in [2.45, 2.75) is 31.7 Å². The van der Waals surface area contributed by atoms with Crippen molar-refractivity contribution in [3.05, 3.63) is 96.3 Å². The number of hydrogen-bond acceptors (Lipinski definition) is 3. The Balaban J connectivity index is 1.37. The van der Waals surface area contributed by atoms with Gasteiger partial charge in [0.25, 0.3) is 5.91 Å². The second-order valence-corrected chi connectivity index (χ2v) is 7.73. The molecule has 1 fully saturated rings. The van der Waals surface area contributed by atoms with Crippen molar-refractivity contribution >= 4 is 5.91 Å². The van der Waals surface area contributed by atoms with Crippen LogP contribution in [0.1, 0.15) is 53.5 Å². The molecule has 6 heteroatoms. The van der Waals surface area contributed by atoms with E-state index in [9.17, 15) is 4.79 Å². The third-order valence-corrected chi connectivity index (χ3v) is 5.50. The number of para-hydroxylation sites is 1. The van der Waals surface area contributed by atoms with E-state index in [4.69, 9.17) is 5.10 Å². The highest BCUT2D eigenvalue weighted by atomic mass is 16.2. The fourth-order valence-electron chi connectivity index (χ4n) is 3.61. The Morgan fingerprint density at radius 1 is 1.07 bits per heavy atom. The molecule has 0 radical (unpaired) electrons. The first-order valence-electron chi connectivity index (χ1n) is 10.2. The van der Waals surface area contributed by atoms with E-state index in [0.29, 0.717) is 11.6 Å². The van der Waals surface area contributed by atoms with Gasteiger partial charge in [0.2, 0.25) is 0 Å². The van der Waals surface area contributed by atoms with Crippen LogP contribution >= 0.6 is 0 Å². The zero-order valence-corrected chi connectivity index (χ0v) is 16.8. The average molecular weight is 397 g/mol. The zero-order valence-electron chi connectivity index (χ0n) is 16.8. The van der Waals surface area contributed by atoms with E-state index in [1.165, 1.54) is 0 Å². The van der Waals surface area contributed by atoms with Crippen LogP contribution in [0.5, 0.6) is 0 Å². The first-order valence-corrected chi connectivity index (χ1v) is 10.2. The SMILES string of the molecule is CC(NC(=O)c1cc(C2CC2)nn1-c1ccccc1)c1ccc(-n2ccnc2)cc1. The molecule has 1 aliphatic carbocycles. The molecule has 1 N–H and O–H groups in total. The van der Waals surface area contributed by atoms with Crippen LogP contribution in [0, 0.1) is 0 Å². The number of benzene rings is 2. The van der Waals surface area contributed by atoms with E-state index in [1.54, 1.807) is 17.2 Å². The lowest BCUT2D eigenvalue weighted by molar-refractivity contribution is 0.0932. The minimum atomic E-state index is -0.127. The van der Waals surface area contributed by atoms with Gasteiger partial charge in [-0.15, -0.1) is 0 Å². The van der Waals surface area contributed by atoms with Crippen LogP contribution in [-0.2, 0) is 0 Å². The van der Waals surface area contributed by atoms with Crippen LogP contribution < -0.4 is 5.32 Å². The van der Waals surface area contributed by atoms with Crippen LogP contribution in [-0.4, -0.2) is 25.2 Å². The number of carbonyl (C=O) groups excluding carboxylic acids is 1. The molecule has 0 saturated heterocycles. The van der Waals surface area contributed by atoms with Crippen LogP contribution in [0.25, 0.3) is 11.4 Å². The highest BCUT2D eigenvalue weighted by Crippen LogP contribution is 2.39. The fourth-order valence-corrected chi connectivity index (χ4v) is 3.61. The first-order chi connectivity index (χ1) is 14.7. The van der Waals surface area contributed by atoms with Crippen LogP contribution in [0.15, 0.2) is 79.4 Å². The maximum absolute atomic E-state index is 13.1. The summed E-state index contributed by atoms with van der Waals surface area (Å²) in [6, 6.07) is 19.8. The summed E-state index contributed by atoms with van der Waals surface area (Å²) in [6.07, 6.45) is 7.71. The van der Waals surface area contributed by atoms with E-state index in [1.807, 2.05) is 78.4 Å². The standard InChI is InChI=1S/C24H23N5O/c1-17(18-9-11-20(12-10-18)28-14-13-25-16-28)26-24(30)23-15-22(19-7-8-19)27-29(23)21-5-3-2-4-6-21/h2-6,9-17,19H,7-8H2,1H3,(H,26,30). The molecule has 4 aromatic rings. The quantitative estimate of drug-likeness (QED) is 0.524. The molecule has 2 aromatic carbocycles. The second-order valence-electron chi connectivity index (χ2n) is 7.73. The van der Waals surface area contributed by atoms with Gasteiger partial charge in [0, 0.05) is 24.0 Å². The van der Waals surface area contributed by atoms with Crippen molar-refractivity contribution in [3.8, 4) is 11.4 Å². The zero-order chi connectivity index (χ0) is 20.5. The molecule has 5 rings (SSSR count). The van der Waals surface area contributed by atoms with Gasteiger partial charge in [-0.25, -0.2) is 9.67 Å². The Labute approximate surface area is 175 Å². The number of nitrogens with one attached hydrogen (secondary N) is 1. The summed E-state index contributed by atoms with van der Waals surface area (Å²) >= 11 is 0. The maximum atomic E-state index is 13.1.